The number of nitrogens with zero attached hydrogens (tertiary/aromatic N) is 1. The Balaban J connectivity index is 3.95. The van der Waals surface area contributed by atoms with Gasteiger partial charge in [0, 0.05) is 17.7 Å². The second kappa shape index (κ2) is 8.53. The van der Waals surface area contributed by atoms with Gasteiger partial charge in [-0.2, -0.15) is 0 Å². The Morgan fingerprint density at radius 2 is 2.27 bits per heavy atom. The molecule has 0 heterocycles. The number of carbonyl (C=O) groups excluding carboxylic acids is 1. The number of carbonyl (C=O) groups is 1. The van der Waals surface area contributed by atoms with Crippen LogP contribution in [0.2, 0.25) is 0 Å². The van der Waals surface area contributed by atoms with E-state index in [4.69, 9.17) is 4.89 Å². The second-order valence-corrected chi connectivity index (χ2v) is 3.69. The van der Waals surface area contributed by atoms with Crippen LogP contribution in [0.25, 0.3) is 0 Å². The molecule has 0 bridgehead atoms. The minimum absolute atomic E-state index is 0.0645. The van der Waals surface area contributed by atoms with Crippen LogP contribution in [0.15, 0.2) is 12.7 Å². The summed E-state index contributed by atoms with van der Waals surface area (Å²) in [5.41, 5.74) is 0. The van der Waals surface area contributed by atoms with Gasteiger partial charge in [0.05, 0.1) is 0 Å². The van der Waals surface area contributed by atoms with E-state index < -0.39 is 8.25 Å². The molecule has 0 aliphatic rings. The van der Waals surface area contributed by atoms with E-state index in [0.717, 1.165) is 12.8 Å². The van der Waals surface area contributed by atoms with Crippen molar-refractivity contribution in [2.45, 2.75) is 19.8 Å². The third kappa shape index (κ3) is 7.19. The Hall–Kier alpha value is -0.770. The lowest BCUT2D eigenvalue weighted by molar-refractivity contribution is -0.126. The lowest BCUT2D eigenvalue weighted by atomic mass is 10.3. The molecule has 1 unspecified atom stereocenters. The fraction of sp³-hybridized carbons (Fsp3) is 0.667. The summed E-state index contributed by atoms with van der Waals surface area (Å²) in [5, 5.41) is 0. The normalized spacial score (nSPS) is 10.9. The van der Waals surface area contributed by atoms with Crippen molar-refractivity contribution >= 4 is 14.2 Å². The Morgan fingerprint density at radius 3 is 2.73 bits per heavy atom. The largest absolute Gasteiger partial charge is 0.694 e. The zero-order valence-corrected chi connectivity index (χ0v) is 9.78. The van der Waals surface area contributed by atoms with E-state index in [0.29, 0.717) is 13.1 Å². The molecule has 0 aromatic rings. The molecule has 5 nitrogen and oxygen atoms in total. The van der Waals surface area contributed by atoms with Gasteiger partial charge in [0.25, 0.3) is 0 Å². The van der Waals surface area contributed by atoms with Gasteiger partial charge in [-0.05, 0) is 12.5 Å². The van der Waals surface area contributed by atoms with E-state index in [2.05, 4.69) is 11.1 Å². The van der Waals surface area contributed by atoms with Gasteiger partial charge in [-0.25, -0.2) is 0 Å². The van der Waals surface area contributed by atoms with E-state index in [1.54, 1.807) is 4.90 Å². The van der Waals surface area contributed by atoms with Crippen molar-refractivity contribution < 1.29 is 18.8 Å². The average Bonchev–Trinajstić information content (AvgIpc) is 2.21. The van der Waals surface area contributed by atoms with Crippen molar-refractivity contribution in [1.29, 1.82) is 0 Å². The number of hydrogen-bond acceptors (Lipinski definition) is 3. The fourth-order valence-electron chi connectivity index (χ4n) is 1.04. The highest BCUT2D eigenvalue weighted by atomic mass is 31.1. The first-order valence-electron chi connectivity index (χ1n) is 4.82. The minimum atomic E-state index is -2.58. The zero-order valence-electron chi connectivity index (χ0n) is 8.89. The van der Waals surface area contributed by atoms with Crippen LogP contribution in [0.1, 0.15) is 19.8 Å². The van der Waals surface area contributed by atoms with E-state index in [1.165, 1.54) is 6.08 Å². The molecule has 0 radical (unpaired) electrons. The quantitative estimate of drug-likeness (QED) is 0.510. The molecule has 1 atom stereocenters. The molecule has 15 heavy (non-hydrogen) atoms. The molecule has 0 aliphatic heterocycles. The molecule has 0 saturated carbocycles. The summed E-state index contributed by atoms with van der Waals surface area (Å²) < 4.78 is 14.7. The highest BCUT2D eigenvalue weighted by Gasteiger charge is 2.15. The monoisotopic (exact) mass is 234 g/mol. The summed E-state index contributed by atoms with van der Waals surface area (Å²) >= 11 is 0. The number of unbranched alkanes of at least 4 members (excludes halogenated alkanes) is 1. The summed E-state index contributed by atoms with van der Waals surface area (Å²) in [6.45, 7) is 6.41. The Kier molecular flexibility index (Phi) is 8.09. The predicted molar refractivity (Wildman–Crippen MR) is 57.5 cm³/mol. The third-order valence-electron chi connectivity index (χ3n) is 1.83. The topological polar surface area (TPSA) is 66.8 Å². The van der Waals surface area contributed by atoms with Gasteiger partial charge in [0.1, 0.15) is 6.61 Å². The van der Waals surface area contributed by atoms with Crippen molar-refractivity contribution in [3.05, 3.63) is 12.7 Å². The second-order valence-electron chi connectivity index (χ2n) is 2.95. The molecule has 0 aromatic heterocycles. The van der Waals surface area contributed by atoms with Crippen molar-refractivity contribution in [3.8, 4) is 0 Å². The highest BCUT2D eigenvalue weighted by Crippen LogP contribution is 2.13. The summed E-state index contributed by atoms with van der Waals surface area (Å²) in [5.74, 6) is -0.180. The molecule has 1 N–H and O–H groups in total. The molecule has 6 heteroatoms. The van der Waals surface area contributed by atoms with E-state index in [-0.39, 0.29) is 12.5 Å². The lowest BCUT2D eigenvalue weighted by Crippen LogP contribution is -2.33. The fourth-order valence-corrected chi connectivity index (χ4v) is 1.28. The number of hydrogen-bond donors (Lipinski definition) is 1. The van der Waals surface area contributed by atoms with Crippen LogP contribution >= 0.6 is 8.25 Å². The average molecular weight is 234 g/mol. The molecule has 1 amide bonds. The smallest absolute Gasteiger partial charge is 0.337 e. The SMILES string of the molecule is C=CC(=O)N(CCCC)CCO[P+](=O)O. The van der Waals surface area contributed by atoms with Crippen LogP contribution in [0.4, 0.5) is 0 Å². The maximum atomic E-state index is 11.3. The van der Waals surface area contributed by atoms with E-state index in [1.807, 2.05) is 6.92 Å². The van der Waals surface area contributed by atoms with Crippen molar-refractivity contribution in [3.63, 3.8) is 0 Å². The van der Waals surface area contributed by atoms with Crippen molar-refractivity contribution in [1.82, 2.24) is 4.90 Å². The van der Waals surface area contributed by atoms with Crippen LogP contribution in [0.3, 0.4) is 0 Å². The van der Waals surface area contributed by atoms with E-state index >= 15 is 0 Å². The van der Waals surface area contributed by atoms with Crippen LogP contribution in [-0.4, -0.2) is 35.4 Å². The molecule has 0 aromatic carbocycles. The van der Waals surface area contributed by atoms with Gasteiger partial charge in [0.2, 0.25) is 5.91 Å². The Morgan fingerprint density at radius 1 is 1.60 bits per heavy atom. The molecule has 0 rings (SSSR count). The number of rotatable bonds is 8. The first-order chi connectivity index (χ1) is 7.11. The lowest BCUT2D eigenvalue weighted by Gasteiger charge is -2.19. The highest BCUT2D eigenvalue weighted by molar-refractivity contribution is 7.32. The molecule has 0 aliphatic carbocycles. The van der Waals surface area contributed by atoms with Gasteiger partial charge >= 0.3 is 8.25 Å². The molecule has 86 valence electrons. The van der Waals surface area contributed by atoms with Crippen LogP contribution in [-0.2, 0) is 13.9 Å². The summed E-state index contributed by atoms with van der Waals surface area (Å²) in [6.07, 6.45) is 3.11. The summed E-state index contributed by atoms with van der Waals surface area (Å²) in [7, 11) is -2.58. The molecule has 0 saturated heterocycles. The van der Waals surface area contributed by atoms with Gasteiger partial charge < -0.3 is 4.90 Å². The molecular weight excluding hydrogens is 217 g/mol. The van der Waals surface area contributed by atoms with Crippen molar-refractivity contribution in [2.75, 3.05) is 19.7 Å². The van der Waals surface area contributed by atoms with Gasteiger partial charge in [0.15, 0.2) is 0 Å². The van der Waals surface area contributed by atoms with Crippen LogP contribution in [0, 0.1) is 0 Å². The van der Waals surface area contributed by atoms with Gasteiger partial charge in [-0.3, -0.25) is 4.79 Å². The summed E-state index contributed by atoms with van der Waals surface area (Å²) in [4.78, 5) is 21.3. The summed E-state index contributed by atoms with van der Waals surface area (Å²) in [6, 6.07) is 0. The van der Waals surface area contributed by atoms with Crippen molar-refractivity contribution in [2.24, 2.45) is 0 Å². The molecule has 0 fully saturated rings. The maximum absolute atomic E-state index is 11.3. The zero-order chi connectivity index (χ0) is 11.7. The van der Waals surface area contributed by atoms with E-state index in [9.17, 15) is 9.36 Å². The molecular formula is C9H17NO4P+. The standard InChI is InChI=1S/C9H16NO4P/c1-3-5-6-10(9(11)4-2)7-8-14-15(12)13/h4H,2-3,5-8H2,1H3/p+1. The Labute approximate surface area is 90.7 Å². The van der Waals surface area contributed by atoms with Crippen LogP contribution in [0.5, 0.6) is 0 Å². The third-order valence-corrected chi connectivity index (χ3v) is 2.23. The Bertz CT molecular complexity index is 232. The maximum Gasteiger partial charge on any atom is 0.694 e. The van der Waals surface area contributed by atoms with Gasteiger partial charge in [-0.1, -0.05) is 19.9 Å². The number of amides is 1. The predicted octanol–water partition coefficient (Wildman–Crippen LogP) is 1.47. The van der Waals surface area contributed by atoms with Gasteiger partial charge in [-0.15, -0.1) is 9.42 Å². The first kappa shape index (κ1) is 14.2. The van der Waals surface area contributed by atoms with Crippen LogP contribution < -0.4 is 0 Å². The first-order valence-corrected chi connectivity index (χ1v) is 5.95. The molecule has 0 spiro atoms. The minimum Gasteiger partial charge on any atom is -0.337 e.